The van der Waals surface area contributed by atoms with E-state index in [0.29, 0.717) is 6.42 Å². The van der Waals surface area contributed by atoms with Crippen LogP contribution < -0.4 is 5.32 Å². The number of nitrogens with one attached hydrogen (secondary N) is 1. The third-order valence-corrected chi connectivity index (χ3v) is 3.76. The first kappa shape index (κ1) is 9.35. The Morgan fingerprint density at radius 3 is 3.00 bits per heavy atom. The molecule has 1 aliphatic rings. The topological polar surface area (TPSA) is 29.1 Å². The van der Waals surface area contributed by atoms with Crippen molar-refractivity contribution in [2.75, 3.05) is 5.75 Å². The number of β-lactam (4-membered cyclic amide) rings is 1. The highest BCUT2D eigenvalue weighted by atomic mass is 32.2. The molecule has 1 atom stereocenters. The molecule has 0 spiro atoms. The molecule has 0 saturated carbocycles. The van der Waals surface area contributed by atoms with Gasteiger partial charge in [0.1, 0.15) is 3.53 Å². The van der Waals surface area contributed by atoms with Gasteiger partial charge in [0, 0.05) is 0 Å². The molecular formula is C6H9NOS3. The van der Waals surface area contributed by atoms with Crippen LogP contribution in [-0.4, -0.2) is 20.6 Å². The summed E-state index contributed by atoms with van der Waals surface area (Å²) >= 11 is 8.27. The second-order valence-corrected chi connectivity index (χ2v) is 5.73. The van der Waals surface area contributed by atoms with Crippen molar-refractivity contribution in [3.8, 4) is 0 Å². The van der Waals surface area contributed by atoms with Crippen LogP contribution >= 0.6 is 35.7 Å². The Kier molecular flexibility index (Phi) is 3.68. The van der Waals surface area contributed by atoms with E-state index in [1.54, 1.807) is 23.5 Å². The first-order valence-corrected chi connectivity index (χ1v) is 5.62. The molecule has 0 aromatic heterocycles. The zero-order valence-electron chi connectivity index (χ0n) is 6.12. The molecule has 0 aromatic rings. The van der Waals surface area contributed by atoms with Crippen LogP contribution in [-0.2, 0) is 4.79 Å². The smallest absolute Gasteiger partial charge is 0.223 e. The predicted molar refractivity (Wildman–Crippen MR) is 54.9 cm³/mol. The maximum absolute atomic E-state index is 10.5. The standard InChI is InChI=1S/C6H9NOS3/c1-2-10-6(9)11-5-3-4(8)7-5/h5H,2-3H2,1H3,(H,7,8)/t5-/m1/s1. The first-order chi connectivity index (χ1) is 5.22. The van der Waals surface area contributed by atoms with Crippen LogP contribution in [0, 0.1) is 0 Å². The predicted octanol–water partition coefficient (Wildman–Crippen LogP) is 1.60. The Balaban J connectivity index is 2.11. The number of hydrogen-bond donors (Lipinski definition) is 1. The molecule has 1 fully saturated rings. The number of carbonyl (C=O) groups excluding carboxylic acids is 1. The minimum absolute atomic E-state index is 0.131. The minimum atomic E-state index is 0.131. The molecule has 0 bridgehead atoms. The molecule has 5 heteroatoms. The summed E-state index contributed by atoms with van der Waals surface area (Å²) in [6, 6.07) is 0. The van der Waals surface area contributed by atoms with Crippen molar-refractivity contribution in [3.05, 3.63) is 0 Å². The highest BCUT2D eigenvalue weighted by Gasteiger charge is 2.26. The Bertz CT molecular complexity index is 175. The van der Waals surface area contributed by atoms with Gasteiger partial charge in [-0.2, -0.15) is 0 Å². The third-order valence-electron chi connectivity index (χ3n) is 1.19. The van der Waals surface area contributed by atoms with Gasteiger partial charge < -0.3 is 5.32 Å². The van der Waals surface area contributed by atoms with E-state index in [-0.39, 0.29) is 11.3 Å². The molecule has 1 heterocycles. The lowest BCUT2D eigenvalue weighted by Gasteiger charge is -2.25. The van der Waals surface area contributed by atoms with E-state index >= 15 is 0 Å². The van der Waals surface area contributed by atoms with Crippen LogP contribution in [0.4, 0.5) is 0 Å². The molecular weight excluding hydrogens is 198 g/mol. The van der Waals surface area contributed by atoms with E-state index in [0.717, 1.165) is 9.28 Å². The van der Waals surface area contributed by atoms with Crippen LogP contribution in [0.25, 0.3) is 0 Å². The molecule has 0 aliphatic carbocycles. The van der Waals surface area contributed by atoms with Crippen molar-refractivity contribution in [2.45, 2.75) is 18.7 Å². The Morgan fingerprint density at radius 1 is 1.91 bits per heavy atom. The maximum Gasteiger partial charge on any atom is 0.223 e. The van der Waals surface area contributed by atoms with Crippen molar-refractivity contribution < 1.29 is 4.79 Å². The molecule has 2 nitrogen and oxygen atoms in total. The van der Waals surface area contributed by atoms with Crippen LogP contribution in [0.2, 0.25) is 0 Å². The molecule has 1 saturated heterocycles. The van der Waals surface area contributed by atoms with Gasteiger partial charge in [-0.25, -0.2) is 0 Å². The molecule has 62 valence electrons. The van der Waals surface area contributed by atoms with Gasteiger partial charge in [-0.3, -0.25) is 4.79 Å². The number of hydrogen-bond acceptors (Lipinski definition) is 4. The van der Waals surface area contributed by atoms with E-state index in [1.807, 2.05) is 0 Å². The maximum atomic E-state index is 10.5. The lowest BCUT2D eigenvalue weighted by molar-refractivity contribution is -0.126. The monoisotopic (exact) mass is 207 g/mol. The largest absolute Gasteiger partial charge is 0.343 e. The summed E-state index contributed by atoms with van der Waals surface area (Å²) in [5.74, 6) is 1.14. The summed E-state index contributed by atoms with van der Waals surface area (Å²) in [5.41, 5.74) is 0. The number of amides is 1. The highest BCUT2D eigenvalue weighted by molar-refractivity contribution is 8.47. The van der Waals surface area contributed by atoms with Gasteiger partial charge in [0.05, 0.1) is 11.8 Å². The third kappa shape index (κ3) is 3.01. The van der Waals surface area contributed by atoms with Crippen LogP contribution in [0.15, 0.2) is 0 Å². The van der Waals surface area contributed by atoms with Crippen molar-refractivity contribution in [1.82, 2.24) is 5.32 Å². The van der Waals surface area contributed by atoms with Gasteiger partial charge in [-0.15, -0.1) is 11.8 Å². The van der Waals surface area contributed by atoms with Crippen molar-refractivity contribution in [2.24, 2.45) is 0 Å². The summed E-state index contributed by atoms with van der Waals surface area (Å²) < 4.78 is 0.928. The Morgan fingerprint density at radius 2 is 2.55 bits per heavy atom. The van der Waals surface area contributed by atoms with Gasteiger partial charge in [0.15, 0.2) is 0 Å². The van der Waals surface area contributed by atoms with Crippen molar-refractivity contribution >= 4 is 45.2 Å². The SMILES string of the molecule is CCSC(=S)S[C@@H]1CC(=O)N1. The second kappa shape index (κ2) is 4.33. The van der Waals surface area contributed by atoms with E-state index in [4.69, 9.17) is 12.2 Å². The number of thiocarbonyl (C=S) groups is 1. The summed E-state index contributed by atoms with van der Waals surface area (Å²) in [6.07, 6.45) is 0.620. The fourth-order valence-corrected chi connectivity index (χ4v) is 3.24. The molecule has 11 heavy (non-hydrogen) atoms. The molecule has 1 amide bonds. The fourth-order valence-electron chi connectivity index (χ4n) is 0.666. The highest BCUT2D eigenvalue weighted by Crippen LogP contribution is 2.25. The van der Waals surface area contributed by atoms with E-state index in [1.165, 1.54) is 0 Å². The van der Waals surface area contributed by atoms with Crippen molar-refractivity contribution in [3.63, 3.8) is 0 Å². The number of rotatable bonds is 2. The van der Waals surface area contributed by atoms with Gasteiger partial charge in [-0.1, -0.05) is 30.9 Å². The molecule has 0 radical (unpaired) electrons. The van der Waals surface area contributed by atoms with Gasteiger partial charge in [-0.05, 0) is 5.75 Å². The van der Waals surface area contributed by atoms with E-state index in [9.17, 15) is 4.79 Å². The summed E-state index contributed by atoms with van der Waals surface area (Å²) in [4.78, 5) is 10.5. The van der Waals surface area contributed by atoms with Crippen LogP contribution in [0.1, 0.15) is 13.3 Å². The van der Waals surface area contributed by atoms with E-state index in [2.05, 4.69) is 12.2 Å². The summed E-state index contributed by atoms with van der Waals surface area (Å²) in [6.45, 7) is 2.07. The van der Waals surface area contributed by atoms with Gasteiger partial charge in [0.25, 0.3) is 0 Å². The van der Waals surface area contributed by atoms with Gasteiger partial charge in [0.2, 0.25) is 5.91 Å². The Hall–Kier alpha value is 0.260. The van der Waals surface area contributed by atoms with Gasteiger partial charge >= 0.3 is 0 Å². The van der Waals surface area contributed by atoms with Crippen LogP contribution in [0.5, 0.6) is 0 Å². The number of carbonyl (C=O) groups is 1. The average Bonchev–Trinajstić information content (AvgIpc) is 1.85. The van der Waals surface area contributed by atoms with E-state index < -0.39 is 0 Å². The zero-order valence-corrected chi connectivity index (χ0v) is 8.57. The average molecular weight is 207 g/mol. The lowest BCUT2D eigenvalue weighted by Crippen LogP contribution is -2.46. The van der Waals surface area contributed by atoms with Crippen molar-refractivity contribution in [1.29, 1.82) is 0 Å². The minimum Gasteiger partial charge on any atom is -0.343 e. The molecule has 0 unspecified atom stereocenters. The quantitative estimate of drug-likeness (QED) is 0.550. The first-order valence-electron chi connectivity index (χ1n) is 3.35. The fraction of sp³-hybridized carbons (Fsp3) is 0.667. The zero-order chi connectivity index (χ0) is 8.27. The molecule has 1 rings (SSSR count). The lowest BCUT2D eigenvalue weighted by atomic mass is 10.3. The molecule has 1 N–H and O–H groups in total. The molecule has 0 aromatic carbocycles. The number of thioether (sulfide) groups is 2. The van der Waals surface area contributed by atoms with Crippen LogP contribution in [0.3, 0.4) is 0 Å². The normalized spacial score (nSPS) is 22.3. The summed E-state index contributed by atoms with van der Waals surface area (Å²) in [5, 5.41) is 3.00. The second-order valence-electron chi connectivity index (χ2n) is 2.06. The summed E-state index contributed by atoms with van der Waals surface area (Å²) in [7, 11) is 0. The Labute approximate surface area is 79.9 Å². The molecule has 1 aliphatic heterocycles.